The van der Waals surface area contributed by atoms with Crippen LogP contribution in [0.25, 0.3) is 10.8 Å². The van der Waals surface area contributed by atoms with Crippen LogP contribution in [0.1, 0.15) is 41.4 Å². The Morgan fingerprint density at radius 3 is 1.23 bits per heavy atom. The van der Waals surface area contributed by atoms with Gasteiger partial charge in [-0.2, -0.15) is 0 Å². The van der Waals surface area contributed by atoms with E-state index in [-0.39, 0.29) is 33.0 Å². The van der Waals surface area contributed by atoms with Crippen LogP contribution >= 0.6 is 0 Å². The van der Waals surface area contributed by atoms with Gasteiger partial charge in [0, 0.05) is 5.39 Å². The standard InChI is InChI=1S/C18H16O8/c1-23-15(19)10-5-9-6-11(16(20)24-2)8-13(18(22)26-4)14(9)12(7-10)17(21)25-3/h5-8H,1-4H3. The van der Waals surface area contributed by atoms with E-state index in [4.69, 9.17) is 9.47 Å². The molecule has 0 aliphatic carbocycles. The van der Waals surface area contributed by atoms with E-state index in [0.717, 1.165) is 0 Å². The molecule has 8 heteroatoms. The molecule has 0 radical (unpaired) electrons. The Labute approximate surface area is 148 Å². The molecule has 0 aliphatic rings. The Hall–Kier alpha value is -3.42. The molecule has 0 N–H and O–H groups in total. The maximum absolute atomic E-state index is 12.2. The van der Waals surface area contributed by atoms with Gasteiger partial charge in [0.15, 0.2) is 0 Å². The highest BCUT2D eigenvalue weighted by atomic mass is 16.5. The van der Waals surface area contributed by atoms with Crippen LogP contribution in [0, 0.1) is 0 Å². The summed E-state index contributed by atoms with van der Waals surface area (Å²) in [4.78, 5) is 48.2. The molecular weight excluding hydrogens is 344 g/mol. The zero-order valence-corrected chi connectivity index (χ0v) is 14.6. The molecule has 8 nitrogen and oxygen atoms in total. The van der Waals surface area contributed by atoms with Crippen molar-refractivity contribution in [2.45, 2.75) is 0 Å². The van der Waals surface area contributed by atoms with Crippen molar-refractivity contribution >= 4 is 34.6 Å². The van der Waals surface area contributed by atoms with E-state index in [9.17, 15) is 19.2 Å². The molecule has 26 heavy (non-hydrogen) atoms. The molecule has 2 aromatic rings. The zero-order chi connectivity index (χ0) is 19.4. The van der Waals surface area contributed by atoms with Crippen LogP contribution in [0.4, 0.5) is 0 Å². The lowest BCUT2D eigenvalue weighted by Crippen LogP contribution is -2.12. The summed E-state index contributed by atoms with van der Waals surface area (Å²) in [5.74, 6) is -2.92. The van der Waals surface area contributed by atoms with Crippen LogP contribution in [0.2, 0.25) is 0 Å². The number of carbonyl (C=O) groups excluding carboxylic acids is 4. The minimum Gasteiger partial charge on any atom is -0.465 e. The molecule has 0 saturated heterocycles. The van der Waals surface area contributed by atoms with Crippen LogP contribution in [0.5, 0.6) is 0 Å². The van der Waals surface area contributed by atoms with Gasteiger partial charge in [-0.05, 0) is 29.7 Å². The topological polar surface area (TPSA) is 105 Å². The summed E-state index contributed by atoms with van der Waals surface area (Å²) in [6, 6.07) is 5.30. The van der Waals surface area contributed by atoms with Crippen LogP contribution < -0.4 is 0 Å². The predicted molar refractivity (Wildman–Crippen MR) is 89.3 cm³/mol. The third-order valence-corrected chi connectivity index (χ3v) is 3.70. The van der Waals surface area contributed by atoms with Crippen molar-refractivity contribution < 1.29 is 38.1 Å². The fourth-order valence-electron chi connectivity index (χ4n) is 2.53. The fraction of sp³-hybridized carbons (Fsp3) is 0.222. The largest absolute Gasteiger partial charge is 0.465 e. The molecule has 0 saturated carbocycles. The zero-order valence-electron chi connectivity index (χ0n) is 14.6. The molecule has 0 atom stereocenters. The molecule has 0 heterocycles. The summed E-state index contributed by atoms with van der Waals surface area (Å²) >= 11 is 0. The molecule has 0 unspecified atom stereocenters. The number of hydrogen-bond acceptors (Lipinski definition) is 8. The minimum absolute atomic E-state index is 0.0396. The molecule has 0 aliphatic heterocycles. The number of fused-ring (bicyclic) bond motifs is 1. The van der Waals surface area contributed by atoms with Gasteiger partial charge < -0.3 is 18.9 Å². The van der Waals surface area contributed by atoms with E-state index in [2.05, 4.69) is 9.47 Å². The maximum atomic E-state index is 12.2. The SMILES string of the molecule is COC(=O)c1cc(C(=O)OC)c2c(C(=O)OC)cc(C(=O)OC)cc2c1. The van der Waals surface area contributed by atoms with Crippen molar-refractivity contribution in [1.82, 2.24) is 0 Å². The summed E-state index contributed by atoms with van der Waals surface area (Å²) in [7, 11) is 4.71. The Morgan fingerprint density at radius 2 is 0.923 bits per heavy atom. The summed E-state index contributed by atoms with van der Waals surface area (Å²) in [5.41, 5.74) is 0.0286. The van der Waals surface area contributed by atoms with Gasteiger partial charge in [0.2, 0.25) is 0 Å². The van der Waals surface area contributed by atoms with Crippen LogP contribution in [0.15, 0.2) is 24.3 Å². The van der Waals surface area contributed by atoms with Gasteiger partial charge in [-0.3, -0.25) is 0 Å². The molecule has 2 rings (SSSR count). The Kier molecular flexibility index (Phi) is 5.56. The third-order valence-electron chi connectivity index (χ3n) is 3.70. The van der Waals surface area contributed by atoms with Crippen molar-refractivity contribution in [2.24, 2.45) is 0 Å². The van der Waals surface area contributed by atoms with Crippen molar-refractivity contribution in [3.63, 3.8) is 0 Å². The lowest BCUT2D eigenvalue weighted by atomic mass is 9.94. The fourth-order valence-corrected chi connectivity index (χ4v) is 2.53. The van der Waals surface area contributed by atoms with Gasteiger partial charge in [-0.1, -0.05) is 0 Å². The summed E-state index contributed by atoms with van der Waals surface area (Å²) in [6.07, 6.45) is 0. The molecule has 2 aromatic carbocycles. The van der Waals surface area contributed by atoms with Gasteiger partial charge in [0.25, 0.3) is 0 Å². The second kappa shape index (κ2) is 7.64. The highest BCUT2D eigenvalue weighted by Crippen LogP contribution is 2.29. The average Bonchev–Trinajstić information content (AvgIpc) is 2.69. The third kappa shape index (κ3) is 3.34. The van der Waals surface area contributed by atoms with Gasteiger partial charge in [0.05, 0.1) is 50.7 Å². The quantitative estimate of drug-likeness (QED) is 0.602. The molecule has 0 amide bonds. The Morgan fingerprint density at radius 1 is 0.577 bits per heavy atom. The highest BCUT2D eigenvalue weighted by Gasteiger charge is 2.23. The monoisotopic (exact) mass is 360 g/mol. The average molecular weight is 360 g/mol. The first-order valence-corrected chi connectivity index (χ1v) is 7.33. The number of carbonyl (C=O) groups is 4. The number of esters is 4. The number of rotatable bonds is 4. The van der Waals surface area contributed by atoms with Gasteiger partial charge in [-0.25, -0.2) is 19.2 Å². The smallest absolute Gasteiger partial charge is 0.338 e. The van der Waals surface area contributed by atoms with Crippen molar-refractivity contribution in [1.29, 1.82) is 0 Å². The van der Waals surface area contributed by atoms with Crippen molar-refractivity contribution in [2.75, 3.05) is 28.4 Å². The van der Waals surface area contributed by atoms with E-state index in [0.29, 0.717) is 0 Å². The maximum Gasteiger partial charge on any atom is 0.338 e. The first kappa shape index (κ1) is 18.9. The number of methoxy groups -OCH3 is 4. The van der Waals surface area contributed by atoms with Gasteiger partial charge in [0.1, 0.15) is 0 Å². The normalized spacial score (nSPS) is 10.2. The molecular formula is C18H16O8. The van der Waals surface area contributed by atoms with E-state index >= 15 is 0 Å². The van der Waals surface area contributed by atoms with E-state index in [1.807, 2.05) is 0 Å². The highest BCUT2D eigenvalue weighted by molar-refractivity contribution is 6.16. The summed E-state index contributed by atoms with van der Waals surface area (Å²) in [5, 5.41) is 0.459. The van der Waals surface area contributed by atoms with Crippen LogP contribution in [-0.4, -0.2) is 52.3 Å². The summed E-state index contributed by atoms with van der Waals surface area (Å²) in [6.45, 7) is 0. The Balaban J connectivity index is 2.97. The lowest BCUT2D eigenvalue weighted by molar-refractivity contribution is 0.0587. The van der Waals surface area contributed by atoms with Crippen LogP contribution in [-0.2, 0) is 18.9 Å². The van der Waals surface area contributed by atoms with Gasteiger partial charge in [-0.15, -0.1) is 0 Å². The van der Waals surface area contributed by atoms with Crippen molar-refractivity contribution in [3.8, 4) is 0 Å². The first-order chi connectivity index (χ1) is 12.4. The number of benzene rings is 2. The second-order valence-corrected chi connectivity index (χ2v) is 5.11. The Bertz CT molecular complexity index is 842. The molecule has 136 valence electrons. The van der Waals surface area contributed by atoms with Crippen molar-refractivity contribution in [3.05, 3.63) is 46.5 Å². The van der Waals surface area contributed by atoms with E-state index in [1.54, 1.807) is 0 Å². The minimum atomic E-state index is -0.767. The number of hydrogen-bond donors (Lipinski definition) is 0. The lowest BCUT2D eigenvalue weighted by Gasteiger charge is -2.13. The summed E-state index contributed by atoms with van der Waals surface area (Å²) < 4.78 is 18.8. The molecule has 0 spiro atoms. The van der Waals surface area contributed by atoms with E-state index in [1.165, 1.54) is 52.7 Å². The molecule has 0 fully saturated rings. The van der Waals surface area contributed by atoms with E-state index < -0.39 is 23.9 Å². The number of ether oxygens (including phenoxy) is 4. The predicted octanol–water partition coefficient (Wildman–Crippen LogP) is 1.99. The first-order valence-electron chi connectivity index (χ1n) is 7.33. The molecule has 0 aromatic heterocycles. The second-order valence-electron chi connectivity index (χ2n) is 5.11. The van der Waals surface area contributed by atoms with Crippen LogP contribution in [0.3, 0.4) is 0 Å². The van der Waals surface area contributed by atoms with Gasteiger partial charge >= 0.3 is 23.9 Å². The molecule has 0 bridgehead atoms.